The summed E-state index contributed by atoms with van der Waals surface area (Å²) >= 11 is 0. The molecular weight excluding hydrogens is 317 g/mol. The number of halogens is 3. The quantitative estimate of drug-likeness (QED) is 0.810. The monoisotopic (exact) mass is 340 g/mol. The third kappa shape index (κ3) is 3.74. The van der Waals surface area contributed by atoms with Gasteiger partial charge in [-0.15, -0.1) is 0 Å². The molecule has 3 rings (SSSR count). The molecule has 0 amide bonds. The molecule has 0 unspecified atom stereocenters. The number of benzene rings is 1. The van der Waals surface area contributed by atoms with E-state index in [9.17, 15) is 13.2 Å². The Morgan fingerprint density at radius 2 is 1.92 bits per heavy atom. The number of hydrogen-bond donors (Lipinski definition) is 1. The highest BCUT2D eigenvalue weighted by molar-refractivity contribution is 5.78. The molecule has 3 nitrogen and oxygen atoms in total. The van der Waals surface area contributed by atoms with Gasteiger partial charge in [0.1, 0.15) is 11.1 Å². The number of nitrogens with zero attached hydrogens (tertiary/aromatic N) is 1. The Morgan fingerprint density at radius 1 is 1.21 bits per heavy atom. The number of oxazole rings is 1. The Hall–Kier alpha value is -1.56. The van der Waals surface area contributed by atoms with E-state index in [0.29, 0.717) is 24.0 Å². The summed E-state index contributed by atoms with van der Waals surface area (Å²) in [5.74, 6) is 0.287. The van der Waals surface area contributed by atoms with Gasteiger partial charge >= 0.3 is 6.18 Å². The molecule has 0 saturated heterocycles. The first kappa shape index (κ1) is 17.3. The van der Waals surface area contributed by atoms with Crippen LogP contribution in [-0.2, 0) is 12.7 Å². The average Bonchev–Trinajstić information content (AvgIpc) is 2.96. The van der Waals surface area contributed by atoms with Crippen LogP contribution in [0.1, 0.15) is 68.9 Å². The molecule has 1 N–H and O–H groups in total. The highest BCUT2D eigenvalue weighted by atomic mass is 19.4. The molecule has 0 spiro atoms. The van der Waals surface area contributed by atoms with Crippen molar-refractivity contribution in [1.29, 1.82) is 0 Å². The maximum atomic E-state index is 13.4. The summed E-state index contributed by atoms with van der Waals surface area (Å²) < 4.78 is 45.6. The smallest absolute Gasteiger partial charge is 0.420 e. The molecule has 0 atom stereocenters. The Labute approximate surface area is 139 Å². The zero-order chi connectivity index (χ0) is 17.3. The number of rotatable bonds is 4. The molecule has 1 aromatic carbocycles. The Bertz CT molecular complexity index is 700. The van der Waals surface area contributed by atoms with Crippen molar-refractivity contribution < 1.29 is 17.6 Å². The standard InChI is InChI=1S/C18H23F3N2O/c1-11(2)17-23-15-9-12(10-22-13-6-4-3-5-7-13)8-14(16(15)24-17)18(19,20)21/h8-9,11,13,22H,3-7,10H2,1-2H3. The predicted octanol–water partition coefficient (Wildman–Crippen LogP) is 5.39. The fourth-order valence-corrected chi connectivity index (χ4v) is 3.24. The summed E-state index contributed by atoms with van der Waals surface area (Å²) in [7, 11) is 0. The van der Waals surface area contributed by atoms with Crippen LogP contribution in [0.25, 0.3) is 11.1 Å². The second kappa shape index (κ2) is 6.75. The van der Waals surface area contributed by atoms with Crippen LogP contribution in [0, 0.1) is 0 Å². The van der Waals surface area contributed by atoms with Crippen LogP contribution in [-0.4, -0.2) is 11.0 Å². The van der Waals surface area contributed by atoms with Crippen LogP contribution in [0.3, 0.4) is 0 Å². The summed E-state index contributed by atoms with van der Waals surface area (Å²) in [6, 6.07) is 3.29. The summed E-state index contributed by atoms with van der Waals surface area (Å²) in [6.45, 7) is 4.13. The van der Waals surface area contributed by atoms with Gasteiger partial charge in [-0.05, 0) is 30.5 Å². The van der Waals surface area contributed by atoms with E-state index in [2.05, 4.69) is 10.3 Å². The van der Waals surface area contributed by atoms with Crippen LogP contribution < -0.4 is 5.32 Å². The van der Waals surface area contributed by atoms with Gasteiger partial charge in [-0.2, -0.15) is 13.2 Å². The van der Waals surface area contributed by atoms with Crippen molar-refractivity contribution in [2.24, 2.45) is 0 Å². The predicted molar refractivity (Wildman–Crippen MR) is 86.8 cm³/mol. The largest absolute Gasteiger partial charge is 0.440 e. The minimum absolute atomic E-state index is 0.0534. The highest BCUT2D eigenvalue weighted by Crippen LogP contribution is 2.37. The molecular formula is C18H23F3N2O. The molecule has 1 aromatic heterocycles. The molecule has 1 aliphatic carbocycles. The van der Waals surface area contributed by atoms with Gasteiger partial charge in [0.2, 0.25) is 0 Å². The molecule has 24 heavy (non-hydrogen) atoms. The van der Waals surface area contributed by atoms with Crippen molar-refractivity contribution in [2.75, 3.05) is 0 Å². The summed E-state index contributed by atoms with van der Waals surface area (Å²) in [5.41, 5.74) is -0.00886. The van der Waals surface area contributed by atoms with E-state index in [1.807, 2.05) is 13.8 Å². The van der Waals surface area contributed by atoms with Crippen molar-refractivity contribution in [3.05, 3.63) is 29.2 Å². The lowest BCUT2D eigenvalue weighted by molar-refractivity contribution is -0.136. The van der Waals surface area contributed by atoms with E-state index >= 15 is 0 Å². The molecule has 0 radical (unpaired) electrons. The lowest BCUT2D eigenvalue weighted by Crippen LogP contribution is -2.30. The van der Waals surface area contributed by atoms with Gasteiger partial charge in [-0.3, -0.25) is 0 Å². The second-order valence-corrected chi connectivity index (χ2v) is 6.91. The number of alkyl halides is 3. The Balaban J connectivity index is 1.90. The third-order valence-electron chi connectivity index (χ3n) is 4.57. The van der Waals surface area contributed by atoms with Gasteiger partial charge in [-0.1, -0.05) is 33.1 Å². The molecule has 2 aromatic rings. The van der Waals surface area contributed by atoms with E-state index < -0.39 is 11.7 Å². The van der Waals surface area contributed by atoms with Crippen LogP contribution in [0.5, 0.6) is 0 Å². The minimum Gasteiger partial charge on any atom is -0.440 e. The van der Waals surface area contributed by atoms with Gasteiger partial charge in [0.15, 0.2) is 11.5 Å². The van der Waals surface area contributed by atoms with Gasteiger partial charge in [0.05, 0.1) is 0 Å². The fourth-order valence-electron chi connectivity index (χ4n) is 3.24. The molecule has 1 heterocycles. The lowest BCUT2D eigenvalue weighted by Gasteiger charge is -2.23. The van der Waals surface area contributed by atoms with Crippen LogP contribution >= 0.6 is 0 Å². The first-order valence-electron chi connectivity index (χ1n) is 8.58. The van der Waals surface area contributed by atoms with E-state index in [0.717, 1.165) is 12.8 Å². The first-order chi connectivity index (χ1) is 11.3. The number of fused-ring (bicyclic) bond motifs is 1. The Morgan fingerprint density at radius 3 is 2.54 bits per heavy atom. The first-order valence-corrected chi connectivity index (χ1v) is 8.58. The van der Waals surface area contributed by atoms with Gasteiger partial charge in [0.25, 0.3) is 0 Å². The van der Waals surface area contributed by atoms with E-state index in [1.165, 1.54) is 25.3 Å². The van der Waals surface area contributed by atoms with Gasteiger partial charge < -0.3 is 9.73 Å². The molecule has 1 aliphatic rings. The molecule has 1 saturated carbocycles. The highest BCUT2D eigenvalue weighted by Gasteiger charge is 2.35. The average molecular weight is 340 g/mol. The van der Waals surface area contributed by atoms with Crippen LogP contribution in [0.15, 0.2) is 16.5 Å². The van der Waals surface area contributed by atoms with Gasteiger partial charge in [0, 0.05) is 18.5 Å². The third-order valence-corrected chi connectivity index (χ3v) is 4.57. The second-order valence-electron chi connectivity index (χ2n) is 6.91. The van der Waals surface area contributed by atoms with Crippen LogP contribution in [0.4, 0.5) is 13.2 Å². The van der Waals surface area contributed by atoms with E-state index in [1.54, 1.807) is 6.07 Å². The molecule has 6 heteroatoms. The summed E-state index contributed by atoms with van der Waals surface area (Å²) in [4.78, 5) is 4.25. The summed E-state index contributed by atoms with van der Waals surface area (Å²) in [5, 5.41) is 3.39. The molecule has 132 valence electrons. The zero-order valence-corrected chi connectivity index (χ0v) is 14.0. The van der Waals surface area contributed by atoms with Crippen molar-refractivity contribution in [2.45, 2.75) is 70.6 Å². The minimum atomic E-state index is -4.45. The topological polar surface area (TPSA) is 38.1 Å². The summed E-state index contributed by atoms with van der Waals surface area (Å²) in [6.07, 6.45) is 1.36. The number of hydrogen-bond acceptors (Lipinski definition) is 3. The number of nitrogens with one attached hydrogen (secondary N) is 1. The van der Waals surface area contributed by atoms with Crippen molar-refractivity contribution in [3.8, 4) is 0 Å². The normalized spacial score (nSPS) is 17.1. The molecule has 0 bridgehead atoms. The van der Waals surface area contributed by atoms with E-state index in [-0.39, 0.29) is 17.0 Å². The van der Waals surface area contributed by atoms with Crippen molar-refractivity contribution >= 4 is 11.1 Å². The Kier molecular flexibility index (Phi) is 4.85. The molecule has 0 aliphatic heterocycles. The van der Waals surface area contributed by atoms with Crippen molar-refractivity contribution in [3.63, 3.8) is 0 Å². The molecule has 1 fully saturated rings. The van der Waals surface area contributed by atoms with Crippen LogP contribution in [0.2, 0.25) is 0 Å². The van der Waals surface area contributed by atoms with Crippen molar-refractivity contribution in [1.82, 2.24) is 10.3 Å². The lowest BCUT2D eigenvalue weighted by atomic mass is 9.95. The fraction of sp³-hybridized carbons (Fsp3) is 0.611. The number of aromatic nitrogens is 1. The SMILES string of the molecule is CC(C)c1nc2cc(CNC3CCCCC3)cc(C(F)(F)F)c2o1. The maximum absolute atomic E-state index is 13.4. The maximum Gasteiger partial charge on any atom is 0.420 e. The van der Waals surface area contributed by atoms with Gasteiger partial charge in [-0.25, -0.2) is 4.98 Å². The zero-order valence-electron chi connectivity index (χ0n) is 14.0. The van der Waals surface area contributed by atoms with E-state index in [4.69, 9.17) is 4.42 Å².